The van der Waals surface area contributed by atoms with Crippen molar-refractivity contribution < 1.29 is 9.90 Å². The summed E-state index contributed by atoms with van der Waals surface area (Å²) < 4.78 is 0. The number of rotatable bonds is 3. The Hall–Kier alpha value is -0.410. The summed E-state index contributed by atoms with van der Waals surface area (Å²) in [5.41, 5.74) is 0. The largest absolute Gasteiger partial charge is 0.395 e. The fraction of sp³-hybridized carbons (Fsp3) is 0.909. The molecule has 1 N–H and O–H groups in total. The number of hydrogen-bond donors (Lipinski definition) is 1. The number of carbonyl (C=O) groups is 1. The van der Waals surface area contributed by atoms with Gasteiger partial charge in [0.25, 0.3) is 0 Å². The van der Waals surface area contributed by atoms with Gasteiger partial charge in [-0.05, 0) is 26.8 Å². The van der Waals surface area contributed by atoms with Crippen LogP contribution in [0.25, 0.3) is 0 Å². The Morgan fingerprint density at radius 3 is 2.86 bits per heavy atom. The normalized spacial score (nSPS) is 26.3. The predicted molar refractivity (Wildman–Crippen MR) is 56.2 cm³/mol. The highest BCUT2D eigenvalue weighted by Crippen LogP contribution is 2.19. The second-order valence-corrected chi connectivity index (χ2v) is 4.28. The van der Waals surface area contributed by atoms with E-state index in [-0.39, 0.29) is 18.7 Å². The van der Waals surface area contributed by atoms with Crippen LogP contribution in [0.2, 0.25) is 0 Å². The van der Waals surface area contributed by atoms with Crippen LogP contribution in [0.5, 0.6) is 0 Å². The quantitative estimate of drug-likeness (QED) is 0.694. The molecule has 0 aromatic heterocycles. The molecule has 0 aromatic rings. The van der Waals surface area contributed by atoms with Gasteiger partial charge in [0.1, 0.15) is 5.78 Å². The molecule has 0 radical (unpaired) electrons. The monoisotopic (exact) mass is 199 g/mol. The van der Waals surface area contributed by atoms with Crippen molar-refractivity contribution in [2.24, 2.45) is 0 Å². The summed E-state index contributed by atoms with van der Waals surface area (Å²) >= 11 is 0. The van der Waals surface area contributed by atoms with Crippen molar-refractivity contribution in [1.29, 1.82) is 0 Å². The zero-order chi connectivity index (χ0) is 10.6. The second-order valence-electron chi connectivity index (χ2n) is 4.28. The van der Waals surface area contributed by atoms with E-state index in [4.69, 9.17) is 5.11 Å². The van der Waals surface area contributed by atoms with Gasteiger partial charge in [0.2, 0.25) is 0 Å². The third-order valence-electron chi connectivity index (χ3n) is 3.22. The maximum Gasteiger partial charge on any atom is 0.149 e. The number of carbonyl (C=O) groups excluding carboxylic acids is 1. The van der Waals surface area contributed by atoms with E-state index in [0.29, 0.717) is 12.2 Å². The van der Waals surface area contributed by atoms with Crippen LogP contribution in [0, 0.1) is 0 Å². The van der Waals surface area contributed by atoms with E-state index < -0.39 is 0 Å². The number of nitrogens with zero attached hydrogens (tertiary/aromatic N) is 1. The molecule has 3 heteroatoms. The summed E-state index contributed by atoms with van der Waals surface area (Å²) in [6, 6.07) is 0.127. The summed E-state index contributed by atoms with van der Waals surface area (Å²) in [5.74, 6) is 0.352. The molecular weight excluding hydrogens is 178 g/mol. The molecular formula is C11H21NO2. The molecule has 0 amide bonds. The Morgan fingerprint density at radius 1 is 1.50 bits per heavy atom. The maximum absolute atomic E-state index is 11.8. The molecule has 0 saturated heterocycles. The van der Waals surface area contributed by atoms with Crippen LogP contribution in [0.4, 0.5) is 0 Å². The molecule has 1 aliphatic carbocycles. The lowest BCUT2D eigenvalue weighted by atomic mass is 10.0. The first kappa shape index (κ1) is 11.7. The van der Waals surface area contributed by atoms with Gasteiger partial charge in [-0.2, -0.15) is 0 Å². The molecule has 0 aliphatic heterocycles. The molecule has 1 saturated carbocycles. The van der Waals surface area contributed by atoms with Gasteiger partial charge in [-0.3, -0.25) is 9.69 Å². The first-order valence-corrected chi connectivity index (χ1v) is 5.52. The van der Waals surface area contributed by atoms with Crippen LogP contribution in [0.1, 0.15) is 39.0 Å². The Morgan fingerprint density at radius 2 is 2.21 bits per heavy atom. The van der Waals surface area contributed by atoms with Crippen LogP contribution in [-0.2, 0) is 4.79 Å². The molecule has 0 bridgehead atoms. The van der Waals surface area contributed by atoms with Crippen molar-refractivity contribution in [1.82, 2.24) is 4.90 Å². The van der Waals surface area contributed by atoms with Gasteiger partial charge in [-0.25, -0.2) is 0 Å². The number of aliphatic hydroxyl groups is 1. The van der Waals surface area contributed by atoms with Crippen LogP contribution in [0.15, 0.2) is 0 Å². The summed E-state index contributed by atoms with van der Waals surface area (Å²) in [4.78, 5) is 13.8. The lowest BCUT2D eigenvalue weighted by Crippen LogP contribution is -2.44. The number of Topliss-reactive ketones (excluding diaryl/α,β-unsaturated/α-hetero) is 1. The van der Waals surface area contributed by atoms with Crippen LogP contribution < -0.4 is 0 Å². The number of hydrogen-bond acceptors (Lipinski definition) is 3. The minimum absolute atomic E-state index is 0.0413. The fourth-order valence-electron chi connectivity index (χ4n) is 2.01. The highest BCUT2D eigenvalue weighted by Gasteiger charge is 2.26. The van der Waals surface area contributed by atoms with E-state index >= 15 is 0 Å². The zero-order valence-electron chi connectivity index (χ0n) is 9.20. The first-order valence-electron chi connectivity index (χ1n) is 5.52. The van der Waals surface area contributed by atoms with Gasteiger partial charge in [0, 0.05) is 12.5 Å². The van der Waals surface area contributed by atoms with Crippen LogP contribution in [0.3, 0.4) is 0 Å². The van der Waals surface area contributed by atoms with E-state index in [0.717, 1.165) is 19.3 Å². The number of likely N-dealkylation sites (N-methyl/N-ethyl adjacent to an activating group) is 1. The maximum atomic E-state index is 11.8. The molecule has 0 heterocycles. The van der Waals surface area contributed by atoms with Crippen molar-refractivity contribution in [3.63, 3.8) is 0 Å². The Kier molecular flexibility index (Phi) is 4.55. The summed E-state index contributed by atoms with van der Waals surface area (Å²) in [5, 5.41) is 9.04. The minimum Gasteiger partial charge on any atom is -0.395 e. The first-order chi connectivity index (χ1) is 6.66. The Labute approximate surface area is 86.1 Å². The van der Waals surface area contributed by atoms with E-state index in [1.165, 1.54) is 6.42 Å². The van der Waals surface area contributed by atoms with Crippen molar-refractivity contribution in [3.8, 4) is 0 Å². The van der Waals surface area contributed by atoms with Gasteiger partial charge in [-0.1, -0.05) is 12.8 Å². The third kappa shape index (κ3) is 2.79. The average molecular weight is 199 g/mol. The highest BCUT2D eigenvalue weighted by atomic mass is 16.3. The molecule has 82 valence electrons. The smallest absolute Gasteiger partial charge is 0.149 e. The van der Waals surface area contributed by atoms with Crippen LogP contribution in [-0.4, -0.2) is 41.5 Å². The molecule has 1 rings (SSSR count). The standard InChI is InChI=1S/C11H21NO2/c1-9(8-13)12(2)10-6-4-3-5-7-11(10)14/h9-10,13H,3-8H2,1-2H3. The molecule has 3 nitrogen and oxygen atoms in total. The molecule has 14 heavy (non-hydrogen) atoms. The molecule has 1 fully saturated rings. The van der Waals surface area contributed by atoms with Gasteiger partial charge in [0.15, 0.2) is 0 Å². The summed E-state index contributed by atoms with van der Waals surface area (Å²) in [6.45, 7) is 2.08. The van der Waals surface area contributed by atoms with Crippen molar-refractivity contribution in [2.45, 2.75) is 51.1 Å². The molecule has 0 spiro atoms. The topological polar surface area (TPSA) is 40.5 Å². The highest BCUT2D eigenvalue weighted by molar-refractivity contribution is 5.84. The van der Waals surface area contributed by atoms with Gasteiger partial charge < -0.3 is 5.11 Å². The zero-order valence-corrected chi connectivity index (χ0v) is 9.20. The van der Waals surface area contributed by atoms with Crippen molar-refractivity contribution in [2.75, 3.05) is 13.7 Å². The number of ketones is 1. The lowest BCUT2D eigenvalue weighted by molar-refractivity contribution is -0.124. The van der Waals surface area contributed by atoms with E-state index in [1.807, 2.05) is 18.9 Å². The van der Waals surface area contributed by atoms with Gasteiger partial charge in [0.05, 0.1) is 12.6 Å². The van der Waals surface area contributed by atoms with E-state index in [2.05, 4.69) is 0 Å². The van der Waals surface area contributed by atoms with Gasteiger partial charge >= 0.3 is 0 Å². The Balaban J connectivity index is 2.58. The SMILES string of the molecule is CC(CO)N(C)C1CCCCCC1=O. The predicted octanol–water partition coefficient (Wildman–Crippen LogP) is 1.20. The lowest BCUT2D eigenvalue weighted by Gasteiger charge is -2.30. The third-order valence-corrected chi connectivity index (χ3v) is 3.22. The van der Waals surface area contributed by atoms with E-state index in [1.54, 1.807) is 0 Å². The molecule has 2 atom stereocenters. The van der Waals surface area contributed by atoms with E-state index in [9.17, 15) is 4.79 Å². The Bertz CT molecular complexity index is 194. The van der Waals surface area contributed by atoms with Crippen molar-refractivity contribution >= 4 is 5.78 Å². The number of aliphatic hydroxyl groups excluding tert-OH is 1. The fourth-order valence-corrected chi connectivity index (χ4v) is 2.01. The van der Waals surface area contributed by atoms with Crippen molar-refractivity contribution in [3.05, 3.63) is 0 Å². The molecule has 2 unspecified atom stereocenters. The summed E-state index contributed by atoms with van der Waals surface area (Å²) in [6.07, 6.45) is 5.02. The average Bonchev–Trinajstić information content (AvgIpc) is 2.40. The molecule has 1 aliphatic rings. The second kappa shape index (κ2) is 5.47. The van der Waals surface area contributed by atoms with Gasteiger partial charge in [-0.15, -0.1) is 0 Å². The van der Waals surface area contributed by atoms with Crippen LogP contribution >= 0.6 is 0 Å². The molecule has 0 aromatic carbocycles. The summed E-state index contributed by atoms with van der Waals surface area (Å²) in [7, 11) is 1.94. The minimum atomic E-state index is 0.0413.